The predicted octanol–water partition coefficient (Wildman–Crippen LogP) is 4.16. The first-order chi connectivity index (χ1) is 18.9. The van der Waals surface area contributed by atoms with Gasteiger partial charge < -0.3 is 15.4 Å². The van der Waals surface area contributed by atoms with Crippen molar-refractivity contribution in [3.63, 3.8) is 0 Å². The molecule has 0 aliphatic heterocycles. The van der Waals surface area contributed by atoms with Crippen molar-refractivity contribution in [1.29, 1.82) is 0 Å². The predicted molar refractivity (Wildman–Crippen MR) is 149 cm³/mol. The maximum Gasteiger partial charge on any atom is 0.251 e. The third-order valence-corrected chi connectivity index (χ3v) is 6.99. The van der Waals surface area contributed by atoms with Crippen molar-refractivity contribution in [2.24, 2.45) is 14.1 Å². The molecule has 2 aromatic carbocycles. The summed E-state index contributed by atoms with van der Waals surface area (Å²) in [6.07, 6.45) is 7.40. The van der Waals surface area contributed by atoms with Crippen LogP contribution in [0.15, 0.2) is 61.1 Å². The smallest absolute Gasteiger partial charge is 0.251 e. The van der Waals surface area contributed by atoms with E-state index in [1.54, 1.807) is 37.0 Å². The lowest BCUT2D eigenvalue weighted by molar-refractivity contribution is 0.0963. The van der Waals surface area contributed by atoms with Crippen LogP contribution < -0.4 is 15.4 Å². The quantitative estimate of drug-likeness (QED) is 0.346. The number of nitrogens with one attached hydrogen (secondary N) is 2. The summed E-state index contributed by atoms with van der Waals surface area (Å²) in [7, 11) is 7.05. The average molecular weight is 521 g/mol. The van der Waals surface area contributed by atoms with Crippen molar-refractivity contribution < 1.29 is 9.53 Å². The Morgan fingerprint density at radius 1 is 1.00 bits per heavy atom. The second-order valence-electron chi connectivity index (χ2n) is 9.46. The third kappa shape index (κ3) is 4.39. The number of hydrogen-bond acceptors (Lipinski definition) is 7. The molecule has 1 amide bonds. The number of anilines is 2. The largest absolute Gasteiger partial charge is 0.495 e. The van der Waals surface area contributed by atoms with E-state index in [2.05, 4.69) is 45.0 Å². The Balaban J connectivity index is 1.37. The van der Waals surface area contributed by atoms with Crippen LogP contribution in [-0.2, 0) is 26.9 Å². The molecule has 3 aromatic heterocycles. The third-order valence-electron chi connectivity index (χ3n) is 6.99. The van der Waals surface area contributed by atoms with E-state index in [1.807, 2.05) is 37.4 Å². The second-order valence-corrected chi connectivity index (χ2v) is 9.46. The molecule has 0 spiro atoms. The number of carbonyl (C=O) groups excluding carboxylic acids is 1. The highest BCUT2D eigenvalue weighted by Gasteiger charge is 2.27. The van der Waals surface area contributed by atoms with Gasteiger partial charge in [0.25, 0.3) is 5.91 Å². The van der Waals surface area contributed by atoms with Crippen molar-refractivity contribution in [1.82, 2.24) is 34.8 Å². The van der Waals surface area contributed by atoms with Gasteiger partial charge in [-0.15, -0.1) is 0 Å². The zero-order valence-electron chi connectivity index (χ0n) is 22.2. The molecule has 0 bridgehead atoms. The minimum Gasteiger partial charge on any atom is -0.495 e. The number of rotatable bonds is 6. The molecule has 39 heavy (non-hydrogen) atoms. The first kappa shape index (κ1) is 24.4. The number of carbonyl (C=O) groups is 1. The highest BCUT2D eigenvalue weighted by molar-refractivity contribution is 5.95. The fourth-order valence-electron chi connectivity index (χ4n) is 5.05. The number of nitrogens with zero attached hydrogens (tertiary/aromatic N) is 6. The van der Waals surface area contributed by atoms with E-state index in [1.165, 1.54) is 0 Å². The Kier molecular flexibility index (Phi) is 6.07. The van der Waals surface area contributed by atoms with Crippen molar-refractivity contribution in [3.8, 4) is 39.4 Å². The monoisotopic (exact) mass is 520 g/mol. The standard InChI is InChI=1S/C29H28N8O2/c1-30-28(38)19-9-11-22(24(13-19)39-4)33-29-31-14-20-10-12-23-25(26(20)34-29)27(37(3)35-23)18-7-5-17(6-8-18)21-15-32-36(2)16-21/h5-9,11,13-16H,10,12H2,1-4H3,(H,30,38)(H,31,33,34). The van der Waals surface area contributed by atoms with Crippen LogP contribution in [0.5, 0.6) is 5.75 Å². The normalized spacial score (nSPS) is 12.0. The highest BCUT2D eigenvalue weighted by Crippen LogP contribution is 2.40. The Morgan fingerprint density at radius 3 is 2.51 bits per heavy atom. The van der Waals surface area contributed by atoms with Crippen LogP contribution in [0.25, 0.3) is 33.6 Å². The molecule has 5 aromatic rings. The fraction of sp³-hybridized carbons (Fsp3) is 0.207. The number of aromatic nitrogens is 6. The van der Waals surface area contributed by atoms with Crippen LogP contribution in [0.4, 0.5) is 11.6 Å². The van der Waals surface area contributed by atoms with Gasteiger partial charge in [-0.25, -0.2) is 9.97 Å². The second kappa shape index (κ2) is 9.71. The lowest BCUT2D eigenvalue weighted by Crippen LogP contribution is -2.17. The van der Waals surface area contributed by atoms with E-state index in [0.717, 1.165) is 57.7 Å². The number of aryl methyl sites for hydroxylation is 4. The summed E-state index contributed by atoms with van der Waals surface area (Å²) in [6.45, 7) is 0. The van der Waals surface area contributed by atoms with Crippen LogP contribution >= 0.6 is 0 Å². The van der Waals surface area contributed by atoms with Crippen LogP contribution in [0, 0.1) is 0 Å². The van der Waals surface area contributed by atoms with Gasteiger partial charge in [0.05, 0.1) is 36.1 Å². The number of hydrogen-bond donors (Lipinski definition) is 2. The molecule has 0 atom stereocenters. The Hall–Kier alpha value is -4.99. The maximum absolute atomic E-state index is 12.0. The van der Waals surface area contributed by atoms with E-state index in [0.29, 0.717) is 22.9 Å². The van der Waals surface area contributed by atoms with Gasteiger partial charge in [0.15, 0.2) is 0 Å². The van der Waals surface area contributed by atoms with Gasteiger partial charge in [-0.3, -0.25) is 14.2 Å². The summed E-state index contributed by atoms with van der Waals surface area (Å²) in [5, 5.41) is 15.0. The molecule has 196 valence electrons. The van der Waals surface area contributed by atoms with Crippen molar-refractivity contribution in [2.45, 2.75) is 12.8 Å². The zero-order chi connectivity index (χ0) is 27.1. The molecular weight excluding hydrogens is 492 g/mol. The number of benzene rings is 2. The number of methoxy groups -OCH3 is 1. The van der Waals surface area contributed by atoms with Crippen molar-refractivity contribution in [3.05, 3.63) is 77.9 Å². The summed E-state index contributed by atoms with van der Waals surface area (Å²) < 4.78 is 9.27. The molecule has 2 N–H and O–H groups in total. The highest BCUT2D eigenvalue weighted by atomic mass is 16.5. The Morgan fingerprint density at radius 2 is 1.79 bits per heavy atom. The van der Waals surface area contributed by atoms with Gasteiger partial charge in [0, 0.05) is 55.8 Å². The van der Waals surface area contributed by atoms with Crippen LogP contribution in [-0.4, -0.2) is 49.6 Å². The minimum atomic E-state index is -0.185. The topological polar surface area (TPSA) is 112 Å². The number of fused-ring (bicyclic) bond motifs is 3. The van der Waals surface area contributed by atoms with E-state index in [9.17, 15) is 4.79 Å². The van der Waals surface area contributed by atoms with E-state index < -0.39 is 0 Å². The summed E-state index contributed by atoms with van der Waals surface area (Å²) in [5.74, 6) is 0.776. The summed E-state index contributed by atoms with van der Waals surface area (Å²) in [6, 6.07) is 13.7. The van der Waals surface area contributed by atoms with Crippen LogP contribution in [0.3, 0.4) is 0 Å². The van der Waals surface area contributed by atoms with Gasteiger partial charge >= 0.3 is 0 Å². The molecule has 0 unspecified atom stereocenters. The van der Waals surface area contributed by atoms with Gasteiger partial charge in [0.2, 0.25) is 5.95 Å². The van der Waals surface area contributed by atoms with E-state index >= 15 is 0 Å². The van der Waals surface area contributed by atoms with Gasteiger partial charge in [-0.1, -0.05) is 24.3 Å². The fourth-order valence-corrected chi connectivity index (χ4v) is 5.05. The first-order valence-corrected chi connectivity index (χ1v) is 12.6. The number of amides is 1. The molecule has 0 radical (unpaired) electrons. The molecule has 10 heteroatoms. The minimum absolute atomic E-state index is 0.185. The van der Waals surface area contributed by atoms with E-state index in [4.69, 9.17) is 14.8 Å². The molecule has 1 aliphatic carbocycles. The molecule has 1 aliphatic rings. The zero-order valence-corrected chi connectivity index (χ0v) is 22.2. The van der Waals surface area contributed by atoms with Gasteiger partial charge in [0.1, 0.15) is 5.75 Å². The summed E-state index contributed by atoms with van der Waals surface area (Å²) in [4.78, 5) is 21.6. The SMILES string of the molecule is CNC(=O)c1ccc(Nc2ncc3c(n2)-c2c(nn(C)c2-c2ccc(-c4cnn(C)c4)cc2)CC3)c(OC)c1. The van der Waals surface area contributed by atoms with Crippen LogP contribution in [0.2, 0.25) is 0 Å². The molecule has 3 heterocycles. The Labute approximate surface area is 225 Å². The number of ether oxygens (including phenoxy) is 1. The van der Waals surface area contributed by atoms with Gasteiger partial charge in [-0.2, -0.15) is 10.2 Å². The first-order valence-electron chi connectivity index (χ1n) is 12.6. The summed E-state index contributed by atoms with van der Waals surface area (Å²) in [5.41, 5.74) is 9.42. The lowest BCUT2D eigenvalue weighted by Gasteiger charge is -2.18. The van der Waals surface area contributed by atoms with E-state index in [-0.39, 0.29) is 5.91 Å². The molecular formula is C29H28N8O2. The van der Waals surface area contributed by atoms with Crippen molar-refractivity contribution >= 4 is 17.5 Å². The molecule has 0 saturated heterocycles. The van der Waals surface area contributed by atoms with Crippen LogP contribution in [0.1, 0.15) is 21.6 Å². The average Bonchev–Trinajstić information content (AvgIpc) is 3.55. The summed E-state index contributed by atoms with van der Waals surface area (Å²) >= 11 is 0. The lowest BCUT2D eigenvalue weighted by atomic mass is 9.91. The Bertz CT molecular complexity index is 1700. The molecule has 10 nitrogen and oxygen atoms in total. The van der Waals surface area contributed by atoms with Gasteiger partial charge in [-0.05, 0) is 42.2 Å². The molecule has 6 rings (SSSR count). The van der Waals surface area contributed by atoms with Crippen molar-refractivity contribution in [2.75, 3.05) is 19.5 Å². The maximum atomic E-state index is 12.0. The molecule has 0 saturated carbocycles. The molecule has 0 fully saturated rings.